The number of halogens is 3. The molecule has 0 radical (unpaired) electrons. The van der Waals surface area contributed by atoms with Crippen LogP contribution in [0.15, 0.2) is 36.4 Å². The third-order valence-electron chi connectivity index (χ3n) is 9.02. The molecule has 0 saturated heterocycles. The molecular weight excluding hydrogens is 465 g/mol. The molecule has 2 saturated carbocycles. The minimum atomic E-state index is -0.709. The van der Waals surface area contributed by atoms with Gasteiger partial charge in [0.25, 0.3) is 0 Å². The van der Waals surface area contributed by atoms with E-state index in [1.165, 1.54) is 25.7 Å². The van der Waals surface area contributed by atoms with Crippen LogP contribution in [0.5, 0.6) is 0 Å². The highest BCUT2D eigenvalue weighted by molar-refractivity contribution is 5.52. The molecule has 2 aliphatic rings. The third kappa shape index (κ3) is 7.30. The normalized spacial score (nSPS) is 24.6. The first-order chi connectivity index (χ1) is 18.0. The van der Waals surface area contributed by atoms with Gasteiger partial charge in [-0.05, 0) is 111 Å². The first-order valence-electron chi connectivity index (χ1n) is 14.9. The lowest BCUT2D eigenvalue weighted by Gasteiger charge is -2.29. The highest BCUT2D eigenvalue weighted by atomic mass is 19.2. The van der Waals surface area contributed by atoms with Gasteiger partial charge in [0.1, 0.15) is 5.82 Å². The van der Waals surface area contributed by atoms with Gasteiger partial charge in [-0.1, -0.05) is 75.9 Å². The summed E-state index contributed by atoms with van der Waals surface area (Å²) in [6.07, 6.45) is 18.6. The Morgan fingerprint density at radius 2 is 1.41 bits per heavy atom. The Morgan fingerprint density at radius 3 is 2.08 bits per heavy atom. The molecular formula is C34H45F3. The zero-order valence-corrected chi connectivity index (χ0v) is 22.9. The van der Waals surface area contributed by atoms with Gasteiger partial charge in [0.05, 0.1) is 0 Å². The second-order valence-corrected chi connectivity index (χ2v) is 11.7. The van der Waals surface area contributed by atoms with E-state index >= 15 is 4.39 Å². The van der Waals surface area contributed by atoms with Crippen LogP contribution in [0.2, 0.25) is 0 Å². The Kier molecular flexibility index (Phi) is 10.3. The fraction of sp³-hybridized carbons (Fsp3) is 0.588. The minimum absolute atomic E-state index is 0.0653. The van der Waals surface area contributed by atoms with E-state index in [-0.39, 0.29) is 17.7 Å². The number of allylic oxidation sites excluding steroid dienone is 1. The predicted molar refractivity (Wildman–Crippen MR) is 149 cm³/mol. The molecule has 0 N–H and O–H groups in total. The first kappa shape index (κ1) is 28.0. The van der Waals surface area contributed by atoms with E-state index < -0.39 is 11.6 Å². The van der Waals surface area contributed by atoms with E-state index in [0.717, 1.165) is 81.3 Å². The molecule has 0 aromatic heterocycles. The van der Waals surface area contributed by atoms with Gasteiger partial charge in [-0.3, -0.25) is 0 Å². The number of hydrogen-bond acceptors (Lipinski definition) is 0. The van der Waals surface area contributed by atoms with E-state index in [1.54, 1.807) is 18.2 Å². The smallest absolute Gasteiger partial charge is 0.166 e. The lowest BCUT2D eigenvalue weighted by Crippen LogP contribution is -2.15. The molecule has 0 spiro atoms. The molecule has 0 atom stereocenters. The summed E-state index contributed by atoms with van der Waals surface area (Å²) in [4.78, 5) is 0. The SMILES string of the molecule is CCCCCc1ccc(C2CCC(/C=C/c3ccc(C4CCC(CCC)CC4)c(F)c3F)CC2)c(F)c1. The molecule has 2 aromatic rings. The molecule has 2 fully saturated rings. The van der Waals surface area contributed by atoms with Crippen molar-refractivity contribution in [2.75, 3.05) is 0 Å². The summed E-state index contributed by atoms with van der Waals surface area (Å²) in [6, 6.07) is 9.39. The van der Waals surface area contributed by atoms with Crippen molar-refractivity contribution in [1.82, 2.24) is 0 Å². The maximum Gasteiger partial charge on any atom is 0.166 e. The fourth-order valence-electron chi connectivity index (χ4n) is 6.69. The van der Waals surface area contributed by atoms with Gasteiger partial charge in [-0.2, -0.15) is 0 Å². The maximum atomic E-state index is 15.0. The average Bonchev–Trinajstić information content (AvgIpc) is 2.91. The van der Waals surface area contributed by atoms with Crippen molar-refractivity contribution in [3.8, 4) is 0 Å². The van der Waals surface area contributed by atoms with E-state index in [1.807, 2.05) is 18.2 Å². The summed E-state index contributed by atoms with van der Waals surface area (Å²) in [5, 5.41) is 0. The molecule has 2 aliphatic carbocycles. The molecule has 0 amide bonds. The van der Waals surface area contributed by atoms with E-state index in [9.17, 15) is 8.78 Å². The molecule has 37 heavy (non-hydrogen) atoms. The average molecular weight is 511 g/mol. The Labute approximate surface area is 222 Å². The van der Waals surface area contributed by atoms with Crippen LogP contribution in [0.25, 0.3) is 6.08 Å². The van der Waals surface area contributed by atoms with Gasteiger partial charge < -0.3 is 0 Å². The van der Waals surface area contributed by atoms with Crippen LogP contribution in [0, 0.1) is 29.3 Å². The van der Waals surface area contributed by atoms with Crippen LogP contribution < -0.4 is 0 Å². The van der Waals surface area contributed by atoms with Crippen molar-refractivity contribution >= 4 is 6.08 Å². The molecule has 0 aliphatic heterocycles. The third-order valence-corrected chi connectivity index (χ3v) is 9.02. The Morgan fingerprint density at radius 1 is 0.730 bits per heavy atom. The number of unbranched alkanes of at least 4 members (excludes halogenated alkanes) is 2. The zero-order valence-electron chi connectivity index (χ0n) is 22.9. The summed E-state index contributed by atoms with van der Waals surface area (Å²) in [5.74, 6) is 0.0283. The highest BCUT2D eigenvalue weighted by Crippen LogP contribution is 2.40. The predicted octanol–water partition coefficient (Wildman–Crippen LogP) is 10.9. The summed E-state index contributed by atoms with van der Waals surface area (Å²) in [5.41, 5.74) is 2.83. The van der Waals surface area contributed by atoms with Crippen LogP contribution in [-0.4, -0.2) is 0 Å². The summed E-state index contributed by atoms with van der Waals surface area (Å²) in [7, 11) is 0. The van der Waals surface area contributed by atoms with Crippen LogP contribution >= 0.6 is 0 Å². The zero-order chi connectivity index (χ0) is 26.2. The molecule has 202 valence electrons. The Balaban J connectivity index is 1.31. The first-order valence-corrected chi connectivity index (χ1v) is 14.9. The summed E-state index contributed by atoms with van der Waals surface area (Å²) in [6.45, 7) is 4.40. The van der Waals surface area contributed by atoms with Gasteiger partial charge in [0.15, 0.2) is 11.6 Å². The van der Waals surface area contributed by atoms with E-state index in [0.29, 0.717) is 17.0 Å². The van der Waals surface area contributed by atoms with Gasteiger partial charge in [-0.15, -0.1) is 0 Å². The molecule has 0 unspecified atom stereocenters. The molecule has 0 nitrogen and oxygen atoms in total. The van der Waals surface area contributed by atoms with Crippen LogP contribution in [0.1, 0.15) is 131 Å². The van der Waals surface area contributed by atoms with Gasteiger partial charge >= 0.3 is 0 Å². The molecule has 0 bridgehead atoms. The summed E-state index contributed by atoms with van der Waals surface area (Å²) < 4.78 is 44.8. The second-order valence-electron chi connectivity index (χ2n) is 11.7. The lowest BCUT2D eigenvalue weighted by atomic mass is 9.77. The van der Waals surface area contributed by atoms with Crippen molar-refractivity contribution in [2.24, 2.45) is 11.8 Å². The van der Waals surface area contributed by atoms with Crippen LogP contribution in [0.4, 0.5) is 13.2 Å². The number of benzene rings is 2. The van der Waals surface area contributed by atoms with Gasteiger partial charge in [0.2, 0.25) is 0 Å². The molecule has 0 heterocycles. The molecule has 2 aromatic carbocycles. The minimum Gasteiger partial charge on any atom is -0.207 e. The van der Waals surface area contributed by atoms with Crippen LogP contribution in [-0.2, 0) is 6.42 Å². The molecule has 4 rings (SSSR count). The van der Waals surface area contributed by atoms with Gasteiger partial charge in [-0.25, -0.2) is 13.2 Å². The molecule has 3 heteroatoms. The van der Waals surface area contributed by atoms with Crippen molar-refractivity contribution in [1.29, 1.82) is 0 Å². The van der Waals surface area contributed by atoms with E-state index in [2.05, 4.69) is 19.9 Å². The summed E-state index contributed by atoms with van der Waals surface area (Å²) >= 11 is 0. The van der Waals surface area contributed by atoms with Crippen molar-refractivity contribution in [3.63, 3.8) is 0 Å². The fourth-order valence-corrected chi connectivity index (χ4v) is 6.69. The quantitative estimate of drug-likeness (QED) is 0.279. The second kappa shape index (κ2) is 13.7. The largest absolute Gasteiger partial charge is 0.207 e. The van der Waals surface area contributed by atoms with Crippen molar-refractivity contribution in [3.05, 3.63) is 76.1 Å². The van der Waals surface area contributed by atoms with Crippen molar-refractivity contribution in [2.45, 2.75) is 116 Å². The lowest BCUT2D eigenvalue weighted by molar-refractivity contribution is 0.303. The van der Waals surface area contributed by atoms with E-state index in [4.69, 9.17) is 0 Å². The van der Waals surface area contributed by atoms with Gasteiger partial charge in [0, 0.05) is 5.56 Å². The maximum absolute atomic E-state index is 15.0. The Hall–Kier alpha value is -2.03. The number of aryl methyl sites for hydroxylation is 1. The standard InChI is InChI=1S/C34H45F3/c1-3-5-6-8-26-14-21-30(32(35)23-26)27-15-11-25(12-16-27)13-19-29-20-22-31(34(37)33(29)36)28-17-9-24(7-4-2)10-18-28/h13-14,19-25,27-28H,3-12,15-18H2,1-2H3/b19-13+. The number of hydrogen-bond donors (Lipinski definition) is 0. The Bertz CT molecular complexity index is 1020. The van der Waals surface area contributed by atoms with Crippen LogP contribution in [0.3, 0.4) is 0 Å². The topological polar surface area (TPSA) is 0 Å². The number of rotatable bonds is 10. The monoisotopic (exact) mass is 510 g/mol. The highest BCUT2D eigenvalue weighted by Gasteiger charge is 2.26. The van der Waals surface area contributed by atoms with Crippen molar-refractivity contribution < 1.29 is 13.2 Å².